The van der Waals surface area contributed by atoms with Crippen LogP contribution in [-0.4, -0.2) is 4.57 Å². The number of halogens is 1. The molecule has 1 heterocycles. The predicted molar refractivity (Wildman–Crippen MR) is 72.3 cm³/mol. The third-order valence-corrected chi connectivity index (χ3v) is 3.23. The van der Waals surface area contributed by atoms with Crippen molar-refractivity contribution in [3.8, 4) is 11.8 Å². The van der Waals surface area contributed by atoms with Crippen molar-refractivity contribution in [2.45, 2.75) is 19.8 Å². The highest BCUT2D eigenvalue weighted by atomic mass is 79.9. The second-order valence-electron chi connectivity index (χ2n) is 4.23. The Morgan fingerprint density at radius 1 is 1.29 bits per heavy atom. The number of rotatable bonds is 2. The van der Waals surface area contributed by atoms with Crippen LogP contribution < -0.4 is 0 Å². The van der Waals surface area contributed by atoms with E-state index in [1.165, 1.54) is 5.56 Å². The van der Waals surface area contributed by atoms with Crippen LogP contribution in [0.3, 0.4) is 0 Å². The largest absolute Gasteiger partial charge is 0.308 e. The summed E-state index contributed by atoms with van der Waals surface area (Å²) in [5.41, 5.74) is 2.96. The molecule has 0 amide bonds. The third kappa shape index (κ3) is 2.27. The summed E-state index contributed by atoms with van der Waals surface area (Å²) in [5.74, 6) is 0.413. The number of aromatic nitrogens is 1. The molecule has 2 rings (SSSR count). The van der Waals surface area contributed by atoms with Gasteiger partial charge >= 0.3 is 0 Å². The Balaban J connectivity index is 2.64. The first-order chi connectivity index (χ1) is 8.13. The van der Waals surface area contributed by atoms with E-state index in [1.807, 2.05) is 35.0 Å². The van der Waals surface area contributed by atoms with Crippen molar-refractivity contribution in [2.75, 3.05) is 0 Å². The van der Waals surface area contributed by atoms with E-state index in [2.05, 4.69) is 41.9 Å². The summed E-state index contributed by atoms with van der Waals surface area (Å²) in [4.78, 5) is 0. The fourth-order valence-corrected chi connectivity index (χ4v) is 2.27. The lowest BCUT2D eigenvalue weighted by Crippen LogP contribution is -2.02. The SMILES string of the molecule is CC(C)c1cc(Br)ccc1-n1cccc1C#N. The van der Waals surface area contributed by atoms with Gasteiger partial charge in [-0.2, -0.15) is 5.26 Å². The summed E-state index contributed by atoms with van der Waals surface area (Å²) >= 11 is 3.49. The summed E-state index contributed by atoms with van der Waals surface area (Å²) in [6.07, 6.45) is 1.92. The fourth-order valence-electron chi connectivity index (χ4n) is 1.89. The molecule has 0 aliphatic carbocycles. The van der Waals surface area contributed by atoms with Gasteiger partial charge in [0, 0.05) is 16.4 Å². The quantitative estimate of drug-likeness (QED) is 0.813. The first-order valence-electron chi connectivity index (χ1n) is 5.50. The molecular formula is C14H13BrN2. The Morgan fingerprint density at radius 3 is 2.71 bits per heavy atom. The van der Waals surface area contributed by atoms with E-state index in [1.54, 1.807) is 0 Å². The molecule has 2 nitrogen and oxygen atoms in total. The summed E-state index contributed by atoms with van der Waals surface area (Å²) in [7, 11) is 0. The molecule has 0 saturated carbocycles. The maximum Gasteiger partial charge on any atom is 0.124 e. The van der Waals surface area contributed by atoms with Crippen molar-refractivity contribution in [3.05, 3.63) is 52.3 Å². The maximum atomic E-state index is 9.07. The molecule has 0 spiro atoms. The van der Waals surface area contributed by atoms with E-state index in [9.17, 15) is 0 Å². The summed E-state index contributed by atoms with van der Waals surface area (Å²) in [6, 6.07) is 12.1. The van der Waals surface area contributed by atoms with Crippen LogP contribution in [0.5, 0.6) is 0 Å². The van der Waals surface area contributed by atoms with Crippen molar-refractivity contribution in [1.82, 2.24) is 4.57 Å². The summed E-state index contributed by atoms with van der Waals surface area (Å²) in [5, 5.41) is 9.07. The molecule has 0 bridgehead atoms. The molecule has 0 radical (unpaired) electrons. The second kappa shape index (κ2) is 4.77. The summed E-state index contributed by atoms with van der Waals surface area (Å²) in [6.45, 7) is 4.31. The minimum absolute atomic E-state index is 0.413. The molecular weight excluding hydrogens is 276 g/mol. The van der Waals surface area contributed by atoms with Crippen LogP contribution in [0.2, 0.25) is 0 Å². The lowest BCUT2D eigenvalue weighted by atomic mass is 10.0. The Bertz CT molecular complexity index is 576. The highest BCUT2D eigenvalue weighted by Crippen LogP contribution is 2.27. The van der Waals surface area contributed by atoms with Gasteiger partial charge in [-0.25, -0.2) is 0 Å². The Kier molecular flexibility index (Phi) is 3.35. The van der Waals surface area contributed by atoms with E-state index >= 15 is 0 Å². The first kappa shape index (κ1) is 11.9. The van der Waals surface area contributed by atoms with Gasteiger partial charge in [-0.05, 0) is 41.8 Å². The smallest absolute Gasteiger partial charge is 0.124 e. The van der Waals surface area contributed by atoms with Gasteiger partial charge in [0.15, 0.2) is 0 Å². The molecule has 0 fully saturated rings. The molecule has 86 valence electrons. The van der Waals surface area contributed by atoms with Gasteiger partial charge in [0.1, 0.15) is 11.8 Å². The van der Waals surface area contributed by atoms with Crippen molar-refractivity contribution in [2.24, 2.45) is 0 Å². The van der Waals surface area contributed by atoms with Crippen LogP contribution in [0, 0.1) is 11.3 Å². The van der Waals surface area contributed by atoms with Gasteiger partial charge in [-0.3, -0.25) is 0 Å². The van der Waals surface area contributed by atoms with Crippen molar-refractivity contribution in [3.63, 3.8) is 0 Å². The van der Waals surface area contributed by atoms with Crippen molar-refractivity contribution in [1.29, 1.82) is 5.26 Å². The van der Waals surface area contributed by atoms with Crippen LogP contribution >= 0.6 is 15.9 Å². The van der Waals surface area contributed by atoms with E-state index in [0.29, 0.717) is 11.6 Å². The number of nitrogens with zero attached hydrogens (tertiary/aromatic N) is 2. The van der Waals surface area contributed by atoms with Gasteiger partial charge in [0.05, 0.1) is 0 Å². The normalized spacial score (nSPS) is 10.5. The van der Waals surface area contributed by atoms with Gasteiger partial charge in [0.2, 0.25) is 0 Å². The number of hydrogen-bond acceptors (Lipinski definition) is 1. The van der Waals surface area contributed by atoms with Crippen LogP contribution in [0.1, 0.15) is 31.0 Å². The lowest BCUT2D eigenvalue weighted by molar-refractivity contribution is 0.844. The molecule has 0 aliphatic rings. The molecule has 1 aromatic heterocycles. The number of benzene rings is 1. The first-order valence-corrected chi connectivity index (χ1v) is 6.30. The molecule has 0 aliphatic heterocycles. The zero-order valence-electron chi connectivity index (χ0n) is 9.81. The molecule has 0 saturated heterocycles. The molecule has 1 aromatic carbocycles. The van der Waals surface area contributed by atoms with Gasteiger partial charge in [0.25, 0.3) is 0 Å². The Morgan fingerprint density at radius 2 is 2.06 bits per heavy atom. The van der Waals surface area contributed by atoms with E-state index in [-0.39, 0.29) is 0 Å². The monoisotopic (exact) mass is 288 g/mol. The molecule has 2 aromatic rings. The van der Waals surface area contributed by atoms with Crippen molar-refractivity contribution < 1.29 is 0 Å². The minimum atomic E-state index is 0.413. The number of nitriles is 1. The topological polar surface area (TPSA) is 28.7 Å². The van der Waals surface area contributed by atoms with Crippen LogP contribution in [0.15, 0.2) is 41.0 Å². The fraction of sp³-hybridized carbons (Fsp3) is 0.214. The lowest BCUT2D eigenvalue weighted by Gasteiger charge is -2.15. The Hall–Kier alpha value is -1.53. The Labute approximate surface area is 110 Å². The van der Waals surface area contributed by atoms with Crippen LogP contribution in [0.25, 0.3) is 5.69 Å². The maximum absolute atomic E-state index is 9.07. The van der Waals surface area contributed by atoms with Gasteiger partial charge < -0.3 is 4.57 Å². The van der Waals surface area contributed by atoms with Gasteiger partial charge in [-0.15, -0.1) is 0 Å². The van der Waals surface area contributed by atoms with E-state index < -0.39 is 0 Å². The average molecular weight is 289 g/mol. The second-order valence-corrected chi connectivity index (χ2v) is 5.15. The zero-order chi connectivity index (χ0) is 12.4. The third-order valence-electron chi connectivity index (χ3n) is 2.73. The highest BCUT2D eigenvalue weighted by Gasteiger charge is 2.11. The molecule has 3 heteroatoms. The van der Waals surface area contributed by atoms with Crippen LogP contribution in [0.4, 0.5) is 0 Å². The number of hydrogen-bond donors (Lipinski definition) is 0. The molecule has 17 heavy (non-hydrogen) atoms. The minimum Gasteiger partial charge on any atom is -0.308 e. The standard InChI is InChI=1S/C14H13BrN2/c1-10(2)13-8-11(15)5-6-14(13)17-7-3-4-12(17)9-16/h3-8,10H,1-2H3. The van der Waals surface area contributed by atoms with Crippen LogP contribution in [-0.2, 0) is 0 Å². The van der Waals surface area contributed by atoms with Gasteiger partial charge in [-0.1, -0.05) is 29.8 Å². The predicted octanol–water partition coefficient (Wildman–Crippen LogP) is 4.23. The highest BCUT2D eigenvalue weighted by molar-refractivity contribution is 9.10. The molecule has 0 unspecified atom stereocenters. The zero-order valence-corrected chi connectivity index (χ0v) is 11.4. The van der Waals surface area contributed by atoms with E-state index in [0.717, 1.165) is 10.2 Å². The van der Waals surface area contributed by atoms with E-state index in [4.69, 9.17) is 5.26 Å². The molecule has 0 atom stereocenters. The average Bonchev–Trinajstić information content (AvgIpc) is 2.76. The van der Waals surface area contributed by atoms with Crippen molar-refractivity contribution >= 4 is 15.9 Å². The summed E-state index contributed by atoms with van der Waals surface area (Å²) < 4.78 is 3.00. The molecule has 0 N–H and O–H groups in total.